The molecule has 37 heavy (non-hydrogen) atoms. The standard InChI is InChI=1S/C27H36N6O4/c1-16(2)15-32-25-20(10-11-22(34)31-13-5-7-21(31)18-6-4-12-28-14-18)17(3)30-33(25)27(37)23(26(32)36)24(35)29-19-8-9-19/h4,6,10-12,14,16-17,19-21,25,30,36H,5,7-9,13,15H2,1-3H3,(H,29,35)/b11-10+/t17?,20?,21-,25?/m0/s1. The lowest BCUT2D eigenvalue weighted by Gasteiger charge is -2.42. The number of hydrogen-bond acceptors (Lipinski definition) is 7. The Morgan fingerprint density at radius 3 is 2.76 bits per heavy atom. The van der Waals surface area contributed by atoms with E-state index in [1.165, 1.54) is 5.01 Å². The predicted octanol–water partition coefficient (Wildman–Crippen LogP) is 2.00. The number of carbonyl (C=O) groups excluding carboxylic acids is 3. The molecule has 3 unspecified atom stereocenters. The number of hydrogen-bond donors (Lipinski definition) is 3. The average molecular weight is 509 g/mol. The van der Waals surface area contributed by atoms with Gasteiger partial charge >= 0.3 is 0 Å². The third-order valence-corrected chi connectivity index (χ3v) is 7.54. The van der Waals surface area contributed by atoms with E-state index in [2.05, 4.69) is 15.7 Å². The number of carbonyl (C=O) groups is 3. The van der Waals surface area contributed by atoms with Gasteiger partial charge in [0.05, 0.1) is 6.04 Å². The van der Waals surface area contributed by atoms with Crippen LogP contribution in [0.2, 0.25) is 0 Å². The molecule has 0 aromatic carbocycles. The van der Waals surface area contributed by atoms with E-state index < -0.39 is 18.0 Å². The van der Waals surface area contributed by atoms with Crippen LogP contribution in [-0.4, -0.2) is 74.0 Å². The molecular weight excluding hydrogens is 472 g/mol. The van der Waals surface area contributed by atoms with E-state index in [-0.39, 0.29) is 47.3 Å². The summed E-state index contributed by atoms with van der Waals surface area (Å²) >= 11 is 0. The van der Waals surface area contributed by atoms with Gasteiger partial charge in [0, 0.05) is 43.5 Å². The monoisotopic (exact) mass is 508 g/mol. The number of aliphatic hydroxyl groups is 1. The van der Waals surface area contributed by atoms with Crippen molar-refractivity contribution in [2.45, 2.75) is 70.7 Å². The number of nitrogens with zero attached hydrogens (tertiary/aromatic N) is 4. The predicted molar refractivity (Wildman–Crippen MR) is 136 cm³/mol. The molecule has 4 heterocycles. The third kappa shape index (κ3) is 4.94. The molecule has 4 atom stereocenters. The lowest BCUT2D eigenvalue weighted by Crippen LogP contribution is -2.59. The Morgan fingerprint density at radius 2 is 2.08 bits per heavy atom. The first-order chi connectivity index (χ1) is 17.8. The van der Waals surface area contributed by atoms with Gasteiger partial charge in [-0.3, -0.25) is 19.4 Å². The molecule has 0 spiro atoms. The molecule has 1 aromatic heterocycles. The summed E-state index contributed by atoms with van der Waals surface area (Å²) in [4.78, 5) is 47.3. The fraction of sp³-hybridized carbons (Fsp3) is 0.556. The zero-order chi connectivity index (χ0) is 26.3. The van der Waals surface area contributed by atoms with Crippen molar-refractivity contribution in [3.8, 4) is 0 Å². The van der Waals surface area contributed by atoms with Crippen molar-refractivity contribution < 1.29 is 19.5 Å². The summed E-state index contributed by atoms with van der Waals surface area (Å²) < 4.78 is 0. The molecule has 3 N–H and O–H groups in total. The van der Waals surface area contributed by atoms with Crippen molar-refractivity contribution in [2.24, 2.45) is 11.8 Å². The van der Waals surface area contributed by atoms with Gasteiger partial charge in [-0.25, -0.2) is 10.4 Å². The van der Waals surface area contributed by atoms with E-state index >= 15 is 0 Å². The highest BCUT2D eigenvalue weighted by Crippen LogP contribution is 2.36. The Morgan fingerprint density at radius 1 is 1.30 bits per heavy atom. The number of amides is 3. The molecule has 0 radical (unpaired) electrons. The number of nitrogens with one attached hydrogen (secondary N) is 2. The maximum atomic E-state index is 13.4. The molecule has 0 bridgehead atoms. The Hall–Kier alpha value is -3.40. The third-order valence-electron chi connectivity index (χ3n) is 7.54. The smallest absolute Gasteiger partial charge is 0.280 e. The van der Waals surface area contributed by atoms with Crippen LogP contribution in [0.25, 0.3) is 0 Å². The van der Waals surface area contributed by atoms with Crippen LogP contribution in [0.5, 0.6) is 0 Å². The Kier molecular flexibility index (Phi) is 6.94. The number of fused-ring (bicyclic) bond motifs is 1. The first kappa shape index (κ1) is 25.3. The largest absolute Gasteiger partial charge is 0.494 e. The Balaban J connectivity index is 1.39. The van der Waals surface area contributed by atoms with E-state index in [1.807, 2.05) is 50.1 Å². The highest BCUT2D eigenvalue weighted by molar-refractivity contribution is 6.19. The number of pyridine rings is 1. The van der Waals surface area contributed by atoms with E-state index in [9.17, 15) is 19.5 Å². The van der Waals surface area contributed by atoms with Gasteiger partial charge in [-0.15, -0.1) is 0 Å². The van der Waals surface area contributed by atoms with Gasteiger partial charge in [0.2, 0.25) is 11.8 Å². The van der Waals surface area contributed by atoms with Crippen molar-refractivity contribution in [1.82, 2.24) is 30.5 Å². The zero-order valence-electron chi connectivity index (χ0n) is 21.6. The molecule has 4 aliphatic rings. The second kappa shape index (κ2) is 10.2. The quantitative estimate of drug-likeness (QED) is 0.381. The fourth-order valence-electron chi connectivity index (χ4n) is 5.60. The summed E-state index contributed by atoms with van der Waals surface area (Å²) in [6.07, 6.45) is 9.99. The minimum atomic E-state index is -0.556. The van der Waals surface area contributed by atoms with Crippen LogP contribution >= 0.6 is 0 Å². The van der Waals surface area contributed by atoms with Crippen LogP contribution in [0.3, 0.4) is 0 Å². The molecule has 3 aliphatic heterocycles. The van der Waals surface area contributed by atoms with Crippen molar-refractivity contribution in [3.63, 3.8) is 0 Å². The van der Waals surface area contributed by atoms with Crippen molar-refractivity contribution in [2.75, 3.05) is 13.1 Å². The van der Waals surface area contributed by atoms with Gasteiger partial charge in [0.1, 0.15) is 6.17 Å². The van der Waals surface area contributed by atoms with E-state index in [1.54, 1.807) is 17.2 Å². The Bertz CT molecular complexity index is 1120. The van der Waals surface area contributed by atoms with Crippen molar-refractivity contribution >= 4 is 17.7 Å². The van der Waals surface area contributed by atoms with Crippen LogP contribution in [0.15, 0.2) is 48.1 Å². The summed E-state index contributed by atoms with van der Waals surface area (Å²) in [5, 5.41) is 15.4. The zero-order valence-corrected chi connectivity index (χ0v) is 21.6. The van der Waals surface area contributed by atoms with Crippen LogP contribution in [0, 0.1) is 11.8 Å². The normalized spacial score (nSPS) is 28.0. The van der Waals surface area contributed by atoms with Crippen LogP contribution in [-0.2, 0) is 14.4 Å². The van der Waals surface area contributed by atoms with E-state index in [0.29, 0.717) is 13.1 Å². The van der Waals surface area contributed by atoms with Crippen LogP contribution in [0.4, 0.5) is 0 Å². The summed E-state index contributed by atoms with van der Waals surface area (Å²) in [5.41, 5.74) is 3.98. The van der Waals surface area contributed by atoms with E-state index in [0.717, 1.165) is 31.2 Å². The highest BCUT2D eigenvalue weighted by Gasteiger charge is 2.51. The molecule has 1 saturated carbocycles. The summed E-state index contributed by atoms with van der Waals surface area (Å²) in [7, 11) is 0. The number of aromatic nitrogens is 1. The molecule has 2 saturated heterocycles. The minimum Gasteiger partial charge on any atom is -0.494 e. The number of hydrazine groups is 1. The Labute approximate surface area is 217 Å². The fourth-order valence-corrected chi connectivity index (χ4v) is 5.60. The van der Waals surface area contributed by atoms with Crippen molar-refractivity contribution in [1.29, 1.82) is 0 Å². The highest BCUT2D eigenvalue weighted by atomic mass is 16.3. The molecular formula is C27H36N6O4. The lowest BCUT2D eigenvalue weighted by molar-refractivity contribution is -0.142. The van der Waals surface area contributed by atoms with Crippen molar-refractivity contribution in [3.05, 3.63) is 53.7 Å². The molecule has 1 aromatic rings. The first-order valence-corrected chi connectivity index (χ1v) is 13.3. The van der Waals surface area contributed by atoms with Gasteiger partial charge in [-0.1, -0.05) is 26.0 Å². The number of likely N-dealkylation sites (tertiary alicyclic amines) is 1. The molecule has 5 rings (SSSR count). The van der Waals surface area contributed by atoms with E-state index in [4.69, 9.17) is 0 Å². The van der Waals surface area contributed by atoms with Crippen LogP contribution < -0.4 is 10.7 Å². The SMILES string of the molecule is CC(C)CN1C(O)=C(C(=O)NC2CC2)C(=O)N2NC(C)C(/C=C/C(=O)N3CCC[C@H]3c3cccnc3)C12. The first-order valence-electron chi connectivity index (χ1n) is 13.3. The molecule has 1 aliphatic carbocycles. The molecule has 3 fully saturated rings. The second-order valence-electron chi connectivity index (χ2n) is 10.9. The van der Waals surface area contributed by atoms with Gasteiger partial charge in [0.15, 0.2) is 5.57 Å². The maximum Gasteiger partial charge on any atom is 0.280 e. The van der Waals surface area contributed by atoms with Gasteiger partial charge < -0.3 is 20.2 Å². The summed E-state index contributed by atoms with van der Waals surface area (Å²) in [6, 6.07) is 3.74. The minimum absolute atomic E-state index is 0.00492. The number of aliphatic hydroxyl groups excluding tert-OH is 1. The molecule has 10 nitrogen and oxygen atoms in total. The topological polar surface area (TPSA) is 118 Å². The average Bonchev–Trinajstić information content (AvgIpc) is 3.42. The van der Waals surface area contributed by atoms with Gasteiger partial charge in [-0.2, -0.15) is 0 Å². The molecule has 3 amide bonds. The summed E-state index contributed by atoms with van der Waals surface area (Å²) in [5.74, 6) is -1.59. The number of rotatable bonds is 7. The molecule has 10 heteroatoms. The molecule has 198 valence electrons. The van der Waals surface area contributed by atoms with Crippen LogP contribution in [0.1, 0.15) is 58.1 Å². The summed E-state index contributed by atoms with van der Waals surface area (Å²) in [6.45, 7) is 7.10. The maximum absolute atomic E-state index is 13.4. The van der Waals surface area contributed by atoms with Gasteiger partial charge in [-0.05, 0) is 56.2 Å². The lowest BCUT2D eigenvalue weighted by atomic mass is 9.95. The van der Waals surface area contributed by atoms with Gasteiger partial charge in [0.25, 0.3) is 11.8 Å². The second-order valence-corrected chi connectivity index (χ2v) is 10.9.